The molecule has 0 unspecified atom stereocenters. The normalized spacial score (nSPS) is 12.7. The summed E-state index contributed by atoms with van der Waals surface area (Å²) in [7, 11) is 4.14. The second kappa shape index (κ2) is 7.02. The molecule has 120 valence electrons. The summed E-state index contributed by atoms with van der Waals surface area (Å²) in [5.74, 6) is 1.10. The maximum absolute atomic E-state index is 10.0. The summed E-state index contributed by atoms with van der Waals surface area (Å²) < 4.78 is 6.35. The van der Waals surface area contributed by atoms with Crippen LogP contribution in [0.25, 0.3) is 10.8 Å². The number of phenols is 1. The standard InChI is InChI=1S/C19H21NO2S/c1-20(2)12-11-18(19-8-5-13-23-19)22-17-10-9-16(21)14-6-3-4-7-15(14)17/h3-10,13,18,21H,11-12H2,1-2H3/t18-/m1/s1. The van der Waals surface area contributed by atoms with Gasteiger partial charge in [-0.1, -0.05) is 30.3 Å². The van der Waals surface area contributed by atoms with E-state index in [2.05, 4.69) is 36.5 Å². The third-order valence-electron chi connectivity index (χ3n) is 3.83. The Bertz CT molecular complexity index is 768. The van der Waals surface area contributed by atoms with Gasteiger partial charge in [-0.2, -0.15) is 0 Å². The van der Waals surface area contributed by atoms with E-state index in [1.54, 1.807) is 17.4 Å². The Morgan fingerprint density at radius 1 is 1.04 bits per heavy atom. The van der Waals surface area contributed by atoms with Gasteiger partial charge in [0.1, 0.15) is 17.6 Å². The Kier molecular flexibility index (Phi) is 4.84. The largest absolute Gasteiger partial charge is 0.507 e. The van der Waals surface area contributed by atoms with E-state index in [4.69, 9.17) is 4.74 Å². The van der Waals surface area contributed by atoms with E-state index in [0.29, 0.717) is 0 Å². The van der Waals surface area contributed by atoms with Gasteiger partial charge < -0.3 is 14.7 Å². The second-order valence-corrected chi connectivity index (χ2v) is 6.82. The highest BCUT2D eigenvalue weighted by Crippen LogP contribution is 2.36. The van der Waals surface area contributed by atoms with Gasteiger partial charge in [-0.15, -0.1) is 11.3 Å². The molecule has 0 spiro atoms. The molecule has 0 saturated heterocycles. The van der Waals surface area contributed by atoms with Gasteiger partial charge in [0.05, 0.1) is 0 Å². The number of rotatable bonds is 6. The van der Waals surface area contributed by atoms with Crippen molar-refractivity contribution in [3.05, 3.63) is 58.8 Å². The molecule has 0 aliphatic rings. The van der Waals surface area contributed by atoms with Crippen LogP contribution in [-0.2, 0) is 0 Å². The van der Waals surface area contributed by atoms with Crippen molar-refractivity contribution in [2.24, 2.45) is 0 Å². The van der Waals surface area contributed by atoms with Gasteiger partial charge in [-0.25, -0.2) is 0 Å². The third kappa shape index (κ3) is 3.66. The molecular formula is C19H21NO2S. The highest BCUT2D eigenvalue weighted by Gasteiger charge is 2.17. The van der Waals surface area contributed by atoms with E-state index in [1.165, 1.54) is 4.88 Å². The average molecular weight is 327 g/mol. The van der Waals surface area contributed by atoms with Crippen LogP contribution in [0.1, 0.15) is 17.4 Å². The first-order valence-electron chi connectivity index (χ1n) is 7.70. The minimum absolute atomic E-state index is 0.0188. The first-order valence-corrected chi connectivity index (χ1v) is 8.58. The van der Waals surface area contributed by atoms with E-state index in [0.717, 1.165) is 29.5 Å². The zero-order valence-corrected chi connectivity index (χ0v) is 14.2. The van der Waals surface area contributed by atoms with E-state index < -0.39 is 0 Å². The predicted molar refractivity (Wildman–Crippen MR) is 96.5 cm³/mol. The minimum atomic E-state index is 0.0188. The molecule has 3 rings (SSSR count). The van der Waals surface area contributed by atoms with Crippen LogP contribution in [0.3, 0.4) is 0 Å². The van der Waals surface area contributed by atoms with Crippen molar-refractivity contribution in [2.75, 3.05) is 20.6 Å². The summed E-state index contributed by atoms with van der Waals surface area (Å²) >= 11 is 1.72. The third-order valence-corrected chi connectivity index (χ3v) is 4.79. The van der Waals surface area contributed by atoms with Crippen molar-refractivity contribution in [3.63, 3.8) is 0 Å². The SMILES string of the molecule is CN(C)CC[C@@H](Oc1ccc(O)c2ccccc12)c1cccs1. The Balaban J connectivity index is 1.92. The molecule has 1 heterocycles. The molecule has 0 amide bonds. The first kappa shape index (κ1) is 15.8. The summed E-state index contributed by atoms with van der Waals surface area (Å²) in [5, 5.41) is 13.9. The number of hydrogen-bond acceptors (Lipinski definition) is 4. The molecule has 0 aliphatic heterocycles. The monoisotopic (exact) mass is 327 g/mol. The number of aromatic hydroxyl groups is 1. The number of ether oxygens (including phenoxy) is 1. The molecular weight excluding hydrogens is 306 g/mol. The lowest BCUT2D eigenvalue weighted by Gasteiger charge is -2.21. The maximum atomic E-state index is 10.0. The van der Waals surface area contributed by atoms with Crippen LogP contribution in [0.15, 0.2) is 53.9 Å². The number of fused-ring (bicyclic) bond motifs is 1. The van der Waals surface area contributed by atoms with E-state index in [-0.39, 0.29) is 11.9 Å². The number of nitrogens with zero attached hydrogens (tertiary/aromatic N) is 1. The van der Waals surface area contributed by atoms with Gasteiger partial charge in [-0.3, -0.25) is 0 Å². The van der Waals surface area contributed by atoms with Crippen molar-refractivity contribution in [3.8, 4) is 11.5 Å². The summed E-state index contributed by atoms with van der Waals surface area (Å²) in [6.45, 7) is 0.957. The fraction of sp³-hybridized carbons (Fsp3) is 0.263. The fourth-order valence-electron chi connectivity index (χ4n) is 2.62. The molecule has 2 aromatic carbocycles. The van der Waals surface area contributed by atoms with E-state index in [9.17, 15) is 5.11 Å². The number of benzene rings is 2. The van der Waals surface area contributed by atoms with E-state index >= 15 is 0 Å². The highest BCUT2D eigenvalue weighted by molar-refractivity contribution is 7.10. The van der Waals surface area contributed by atoms with Crippen LogP contribution >= 0.6 is 11.3 Å². The number of hydrogen-bond donors (Lipinski definition) is 1. The van der Waals surface area contributed by atoms with Gasteiger partial charge in [0.25, 0.3) is 0 Å². The Hall–Kier alpha value is -2.04. The average Bonchev–Trinajstić information content (AvgIpc) is 3.08. The molecule has 1 N–H and O–H groups in total. The molecule has 4 heteroatoms. The number of thiophene rings is 1. The molecule has 0 aliphatic carbocycles. The Morgan fingerprint density at radius 2 is 1.83 bits per heavy atom. The van der Waals surface area contributed by atoms with E-state index in [1.807, 2.05) is 30.3 Å². The summed E-state index contributed by atoms with van der Waals surface area (Å²) in [6.07, 6.45) is 0.938. The van der Waals surface area contributed by atoms with Crippen molar-refractivity contribution in [2.45, 2.75) is 12.5 Å². The van der Waals surface area contributed by atoms with Crippen LogP contribution in [-0.4, -0.2) is 30.6 Å². The van der Waals surface area contributed by atoms with Gasteiger partial charge in [-0.05, 0) is 37.7 Å². The van der Waals surface area contributed by atoms with Crippen molar-refractivity contribution < 1.29 is 9.84 Å². The fourth-order valence-corrected chi connectivity index (χ4v) is 3.41. The van der Waals surface area contributed by atoms with Crippen molar-refractivity contribution in [1.29, 1.82) is 0 Å². The van der Waals surface area contributed by atoms with Crippen LogP contribution in [0.5, 0.6) is 11.5 Å². The van der Waals surface area contributed by atoms with Crippen LogP contribution in [0.2, 0.25) is 0 Å². The lowest BCUT2D eigenvalue weighted by Crippen LogP contribution is -2.18. The lowest BCUT2D eigenvalue weighted by atomic mass is 10.1. The molecule has 0 radical (unpaired) electrons. The molecule has 3 nitrogen and oxygen atoms in total. The zero-order chi connectivity index (χ0) is 16.2. The van der Waals surface area contributed by atoms with Gasteiger partial charge in [0.15, 0.2) is 0 Å². The maximum Gasteiger partial charge on any atom is 0.134 e. The summed E-state index contributed by atoms with van der Waals surface area (Å²) in [4.78, 5) is 3.39. The molecule has 23 heavy (non-hydrogen) atoms. The number of phenolic OH excluding ortho intramolecular Hbond substituents is 1. The first-order chi connectivity index (χ1) is 11.1. The summed E-state index contributed by atoms with van der Waals surface area (Å²) in [5.41, 5.74) is 0. The van der Waals surface area contributed by atoms with Gasteiger partial charge in [0.2, 0.25) is 0 Å². The topological polar surface area (TPSA) is 32.7 Å². The molecule has 3 aromatic rings. The zero-order valence-electron chi connectivity index (χ0n) is 13.4. The molecule has 1 atom stereocenters. The van der Waals surface area contributed by atoms with Crippen LogP contribution in [0.4, 0.5) is 0 Å². The predicted octanol–water partition coefficient (Wildman–Crippen LogP) is 4.68. The van der Waals surface area contributed by atoms with Gasteiger partial charge >= 0.3 is 0 Å². The van der Waals surface area contributed by atoms with Crippen LogP contribution < -0.4 is 4.74 Å². The van der Waals surface area contributed by atoms with Crippen LogP contribution in [0, 0.1) is 0 Å². The highest BCUT2D eigenvalue weighted by atomic mass is 32.1. The molecule has 0 fully saturated rings. The van der Waals surface area contributed by atoms with Gasteiger partial charge in [0, 0.05) is 28.6 Å². The molecule has 0 bridgehead atoms. The second-order valence-electron chi connectivity index (χ2n) is 5.84. The Labute approximate surface area is 140 Å². The Morgan fingerprint density at radius 3 is 2.52 bits per heavy atom. The van der Waals surface area contributed by atoms with Crippen molar-refractivity contribution >= 4 is 22.1 Å². The van der Waals surface area contributed by atoms with Crippen molar-refractivity contribution in [1.82, 2.24) is 4.90 Å². The minimum Gasteiger partial charge on any atom is -0.507 e. The summed E-state index contributed by atoms with van der Waals surface area (Å²) in [6, 6.07) is 15.5. The quantitative estimate of drug-likeness (QED) is 0.713. The molecule has 0 saturated carbocycles. The smallest absolute Gasteiger partial charge is 0.134 e. The molecule has 1 aromatic heterocycles. The lowest BCUT2D eigenvalue weighted by molar-refractivity contribution is 0.185.